The van der Waals surface area contributed by atoms with Gasteiger partial charge in [-0.05, 0) is 18.2 Å². The molecule has 1 aromatic heterocycles. The molecule has 1 heterocycles. The van der Waals surface area contributed by atoms with Gasteiger partial charge in [-0.2, -0.15) is 0 Å². The average molecular weight is 235 g/mol. The minimum absolute atomic E-state index is 0.228. The summed E-state index contributed by atoms with van der Waals surface area (Å²) in [6.45, 7) is 0. The lowest BCUT2D eigenvalue weighted by Gasteiger charge is -2.00. The van der Waals surface area contributed by atoms with Gasteiger partial charge in [0.05, 0.1) is 5.56 Å². The lowest BCUT2D eigenvalue weighted by atomic mass is 10.1. The van der Waals surface area contributed by atoms with Crippen LogP contribution in [-0.4, -0.2) is 21.0 Å². The van der Waals surface area contributed by atoms with Crippen LogP contribution in [0, 0.1) is 0 Å². The molecule has 1 aromatic carbocycles. The van der Waals surface area contributed by atoms with E-state index in [1.165, 1.54) is 12.1 Å². The van der Waals surface area contributed by atoms with Crippen LogP contribution in [0.25, 0.3) is 11.4 Å². The molecule has 0 saturated carbocycles. The Morgan fingerprint density at radius 3 is 2.44 bits per heavy atom. The second kappa shape index (κ2) is 4.28. The summed E-state index contributed by atoms with van der Waals surface area (Å²) in [5.41, 5.74) is 0.957. The van der Waals surface area contributed by atoms with Gasteiger partial charge in [0.1, 0.15) is 5.15 Å². The van der Waals surface area contributed by atoms with Gasteiger partial charge in [0.25, 0.3) is 0 Å². The predicted molar refractivity (Wildman–Crippen MR) is 59.4 cm³/mol. The molecule has 0 aliphatic heterocycles. The van der Waals surface area contributed by atoms with Crippen LogP contribution in [0.4, 0.5) is 0 Å². The lowest BCUT2D eigenvalue weighted by Crippen LogP contribution is -1.95. The highest BCUT2D eigenvalue weighted by atomic mass is 35.5. The van der Waals surface area contributed by atoms with Gasteiger partial charge in [-0.1, -0.05) is 23.7 Å². The van der Waals surface area contributed by atoms with Crippen molar-refractivity contribution >= 4 is 17.6 Å². The van der Waals surface area contributed by atoms with E-state index in [1.807, 2.05) is 0 Å². The molecule has 0 aliphatic carbocycles. The van der Waals surface area contributed by atoms with Crippen molar-refractivity contribution in [3.05, 3.63) is 47.2 Å². The fourth-order valence-electron chi connectivity index (χ4n) is 1.24. The summed E-state index contributed by atoms with van der Waals surface area (Å²) in [4.78, 5) is 18.7. The van der Waals surface area contributed by atoms with E-state index in [4.69, 9.17) is 16.7 Å². The lowest BCUT2D eigenvalue weighted by molar-refractivity contribution is 0.0697. The standard InChI is InChI=1S/C11H7ClN2O2/c12-9-5-6-13-10(14-9)7-1-3-8(4-2-7)11(15)16/h1-6H,(H,15,16). The molecule has 0 unspecified atom stereocenters. The summed E-state index contributed by atoms with van der Waals surface area (Å²) in [5.74, 6) is -0.483. The normalized spacial score (nSPS) is 10.1. The van der Waals surface area contributed by atoms with Crippen molar-refractivity contribution in [1.82, 2.24) is 9.97 Å². The average Bonchev–Trinajstić information content (AvgIpc) is 2.29. The zero-order chi connectivity index (χ0) is 11.5. The molecule has 4 nitrogen and oxygen atoms in total. The van der Waals surface area contributed by atoms with Crippen LogP contribution in [0.5, 0.6) is 0 Å². The summed E-state index contributed by atoms with van der Waals surface area (Å²) in [6, 6.07) is 7.88. The summed E-state index contributed by atoms with van der Waals surface area (Å²) in [5, 5.41) is 9.09. The summed E-state index contributed by atoms with van der Waals surface area (Å²) in [6.07, 6.45) is 1.55. The van der Waals surface area contributed by atoms with Crippen LogP contribution in [0.3, 0.4) is 0 Å². The van der Waals surface area contributed by atoms with Gasteiger partial charge in [0, 0.05) is 11.8 Å². The van der Waals surface area contributed by atoms with E-state index in [-0.39, 0.29) is 5.56 Å². The summed E-state index contributed by atoms with van der Waals surface area (Å²) < 4.78 is 0. The van der Waals surface area contributed by atoms with E-state index in [9.17, 15) is 4.79 Å². The Labute approximate surface area is 96.6 Å². The van der Waals surface area contributed by atoms with Crippen molar-refractivity contribution in [2.45, 2.75) is 0 Å². The number of carboxylic acids is 1. The van der Waals surface area contributed by atoms with Crippen LogP contribution in [0.2, 0.25) is 5.15 Å². The molecule has 0 saturated heterocycles. The van der Waals surface area contributed by atoms with Crippen LogP contribution in [0.15, 0.2) is 36.5 Å². The van der Waals surface area contributed by atoms with Gasteiger partial charge in [-0.25, -0.2) is 14.8 Å². The minimum atomic E-state index is -0.960. The first-order valence-corrected chi connectivity index (χ1v) is 4.87. The number of hydrogen-bond donors (Lipinski definition) is 1. The SMILES string of the molecule is O=C(O)c1ccc(-c2nccc(Cl)n2)cc1. The number of carbonyl (C=O) groups is 1. The molecule has 0 radical (unpaired) electrons. The molecule has 2 aromatic rings. The molecular weight excluding hydrogens is 228 g/mol. The maximum Gasteiger partial charge on any atom is 0.335 e. The van der Waals surface area contributed by atoms with Gasteiger partial charge in [0.15, 0.2) is 5.82 Å². The fraction of sp³-hybridized carbons (Fsp3) is 0. The number of hydrogen-bond acceptors (Lipinski definition) is 3. The van der Waals surface area contributed by atoms with Crippen LogP contribution >= 0.6 is 11.6 Å². The quantitative estimate of drug-likeness (QED) is 0.811. The molecule has 0 aliphatic rings. The highest BCUT2D eigenvalue weighted by molar-refractivity contribution is 6.29. The third-order valence-electron chi connectivity index (χ3n) is 2.01. The van der Waals surface area contributed by atoms with Crippen molar-refractivity contribution in [2.75, 3.05) is 0 Å². The van der Waals surface area contributed by atoms with Crippen LogP contribution < -0.4 is 0 Å². The Morgan fingerprint density at radius 2 is 1.88 bits per heavy atom. The van der Waals surface area contributed by atoms with E-state index in [0.29, 0.717) is 11.0 Å². The third-order valence-corrected chi connectivity index (χ3v) is 2.22. The monoisotopic (exact) mass is 234 g/mol. The van der Waals surface area contributed by atoms with Gasteiger partial charge in [0.2, 0.25) is 0 Å². The van der Waals surface area contributed by atoms with Crippen molar-refractivity contribution in [1.29, 1.82) is 0 Å². The van der Waals surface area contributed by atoms with Crippen LogP contribution in [0.1, 0.15) is 10.4 Å². The van der Waals surface area contributed by atoms with Crippen molar-refractivity contribution in [2.24, 2.45) is 0 Å². The Kier molecular flexibility index (Phi) is 2.83. The largest absolute Gasteiger partial charge is 0.478 e. The Hall–Kier alpha value is -1.94. The van der Waals surface area contributed by atoms with Crippen molar-refractivity contribution < 1.29 is 9.90 Å². The smallest absolute Gasteiger partial charge is 0.335 e. The molecule has 0 spiro atoms. The fourth-order valence-corrected chi connectivity index (χ4v) is 1.37. The molecule has 80 valence electrons. The van der Waals surface area contributed by atoms with Crippen LogP contribution in [-0.2, 0) is 0 Å². The topological polar surface area (TPSA) is 63.1 Å². The van der Waals surface area contributed by atoms with Gasteiger partial charge >= 0.3 is 5.97 Å². The zero-order valence-corrected chi connectivity index (χ0v) is 8.85. The highest BCUT2D eigenvalue weighted by Gasteiger charge is 2.05. The third kappa shape index (κ3) is 2.17. The second-order valence-electron chi connectivity index (χ2n) is 3.09. The molecule has 0 fully saturated rings. The molecule has 1 N–H and O–H groups in total. The molecule has 16 heavy (non-hydrogen) atoms. The first-order valence-electron chi connectivity index (χ1n) is 4.49. The van der Waals surface area contributed by atoms with E-state index in [1.54, 1.807) is 24.4 Å². The summed E-state index contributed by atoms with van der Waals surface area (Å²) in [7, 11) is 0. The Morgan fingerprint density at radius 1 is 1.19 bits per heavy atom. The van der Waals surface area contributed by atoms with Gasteiger partial charge < -0.3 is 5.11 Å². The first-order chi connectivity index (χ1) is 7.66. The second-order valence-corrected chi connectivity index (χ2v) is 3.47. The summed E-state index contributed by atoms with van der Waals surface area (Å²) >= 11 is 5.73. The molecular formula is C11H7ClN2O2. The maximum absolute atomic E-state index is 10.7. The Balaban J connectivity index is 2.38. The number of benzene rings is 1. The Bertz CT molecular complexity index is 526. The molecule has 2 rings (SSSR count). The van der Waals surface area contributed by atoms with Gasteiger partial charge in [-0.15, -0.1) is 0 Å². The maximum atomic E-state index is 10.7. The molecule has 5 heteroatoms. The van der Waals surface area contributed by atoms with Crippen molar-refractivity contribution in [3.63, 3.8) is 0 Å². The van der Waals surface area contributed by atoms with Crippen molar-refractivity contribution in [3.8, 4) is 11.4 Å². The predicted octanol–water partition coefficient (Wildman–Crippen LogP) is 2.50. The number of aromatic nitrogens is 2. The van der Waals surface area contributed by atoms with Gasteiger partial charge in [-0.3, -0.25) is 0 Å². The van der Waals surface area contributed by atoms with E-state index in [2.05, 4.69) is 9.97 Å². The molecule has 0 atom stereocenters. The number of aromatic carboxylic acids is 1. The number of carboxylic acid groups (broad SMARTS) is 1. The molecule has 0 amide bonds. The first kappa shape index (κ1) is 10.6. The van der Waals surface area contributed by atoms with E-state index >= 15 is 0 Å². The number of rotatable bonds is 2. The van der Waals surface area contributed by atoms with E-state index in [0.717, 1.165) is 5.56 Å². The minimum Gasteiger partial charge on any atom is -0.478 e. The molecule has 0 bridgehead atoms. The van der Waals surface area contributed by atoms with E-state index < -0.39 is 5.97 Å². The number of nitrogens with zero attached hydrogens (tertiary/aromatic N) is 2. The highest BCUT2D eigenvalue weighted by Crippen LogP contribution is 2.16. The zero-order valence-electron chi connectivity index (χ0n) is 8.09. The number of halogens is 1.